The summed E-state index contributed by atoms with van der Waals surface area (Å²) in [6.45, 7) is 7.01. The minimum Gasteiger partial charge on any atom is -0.0714 e. The fraction of sp³-hybridized carbons (Fsp3) is 0.400. The Kier molecular flexibility index (Phi) is 3.42. The van der Waals surface area contributed by atoms with Gasteiger partial charge in [0.05, 0.1) is 10.9 Å². The Labute approximate surface area is 98.0 Å². The highest BCUT2D eigenvalue weighted by Crippen LogP contribution is 2.45. The second-order valence-corrected chi connectivity index (χ2v) is 14.3. The molecule has 13 heavy (non-hydrogen) atoms. The number of hydrogen-bond acceptors (Lipinski definition) is 0. The van der Waals surface area contributed by atoms with E-state index in [2.05, 4.69) is 75.8 Å². The van der Waals surface area contributed by atoms with Crippen LogP contribution in [0.4, 0.5) is 0 Å². The Morgan fingerprint density at radius 3 is 1.85 bits per heavy atom. The van der Waals surface area contributed by atoms with Crippen LogP contribution in [0.2, 0.25) is 19.6 Å². The molecule has 0 heterocycles. The minimum absolute atomic E-state index is 0.00569. The molecule has 0 bridgehead atoms. The van der Waals surface area contributed by atoms with E-state index in [-0.39, 0.29) is 2.86 Å². The summed E-state index contributed by atoms with van der Waals surface area (Å²) in [7, 11) is -1.29. The van der Waals surface area contributed by atoms with Gasteiger partial charge in [-0.05, 0) is 5.56 Å². The van der Waals surface area contributed by atoms with Gasteiger partial charge in [0, 0.05) is 0 Å². The Morgan fingerprint density at radius 2 is 1.46 bits per heavy atom. The first-order valence-corrected chi connectivity index (χ1v) is 9.37. The molecule has 1 aromatic carbocycles. The summed E-state index contributed by atoms with van der Waals surface area (Å²) in [5.41, 5.74) is 1.31. The molecule has 3 heteroatoms. The zero-order valence-electron chi connectivity index (χ0n) is 8.14. The topological polar surface area (TPSA) is 0 Å². The van der Waals surface area contributed by atoms with Crippen LogP contribution in [0, 0.1) is 0 Å². The van der Waals surface area contributed by atoms with Gasteiger partial charge in [-0.15, -0.1) is 0 Å². The van der Waals surface area contributed by atoms with Gasteiger partial charge in [0.2, 0.25) is 0 Å². The predicted molar refractivity (Wildman–Crippen MR) is 69.3 cm³/mol. The van der Waals surface area contributed by atoms with Gasteiger partial charge in [0.1, 0.15) is 0 Å². The lowest BCUT2D eigenvalue weighted by Gasteiger charge is -2.33. The van der Waals surface area contributed by atoms with E-state index in [4.69, 9.17) is 0 Å². The van der Waals surface area contributed by atoms with Crippen LogP contribution in [0.3, 0.4) is 0 Å². The molecule has 72 valence electrons. The average molecular weight is 322 g/mol. The lowest BCUT2D eigenvalue weighted by Crippen LogP contribution is -2.39. The highest BCUT2D eigenvalue weighted by Gasteiger charge is 2.40. The molecular formula is C10H14Br2Si. The molecule has 0 radical (unpaired) electrons. The number of hydrogen-bond donors (Lipinski definition) is 0. The fourth-order valence-corrected chi connectivity index (χ4v) is 2.64. The van der Waals surface area contributed by atoms with Gasteiger partial charge < -0.3 is 0 Å². The van der Waals surface area contributed by atoms with Gasteiger partial charge in [-0.3, -0.25) is 0 Å². The summed E-state index contributed by atoms with van der Waals surface area (Å²) in [6.07, 6.45) is 0. The van der Waals surface area contributed by atoms with Crippen molar-refractivity contribution >= 4 is 39.9 Å². The Morgan fingerprint density at radius 1 is 1.00 bits per heavy atom. The molecule has 0 spiro atoms. The van der Waals surface area contributed by atoms with E-state index in [9.17, 15) is 0 Å². The monoisotopic (exact) mass is 320 g/mol. The number of rotatable bonds is 2. The zero-order chi connectivity index (χ0) is 10.1. The van der Waals surface area contributed by atoms with E-state index < -0.39 is 8.07 Å². The number of benzene rings is 1. The van der Waals surface area contributed by atoms with Crippen molar-refractivity contribution in [2.24, 2.45) is 0 Å². The number of alkyl halides is 2. The van der Waals surface area contributed by atoms with Crippen LogP contribution < -0.4 is 0 Å². The maximum Gasteiger partial charge on any atom is 0.0950 e. The van der Waals surface area contributed by atoms with Crippen molar-refractivity contribution in [3.8, 4) is 0 Å². The minimum atomic E-state index is -1.29. The van der Waals surface area contributed by atoms with E-state index in [1.54, 1.807) is 0 Å². The van der Waals surface area contributed by atoms with Crippen LogP contribution in [0.25, 0.3) is 0 Å². The van der Waals surface area contributed by atoms with E-state index >= 15 is 0 Å². The largest absolute Gasteiger partial charge is 0.0950 e. The summed E-state index contributed by atoms with van der Waals surface area (Å²) in [5.74, 6) is 0. The Hall–Kier alpha value is 0.397. The van der Waals surface area contributed by atoms with E-state index in [0.29, 0.717) is 0 Å². The maximum atomic E-state index is 3.79. The third kappa shape index (κ3) is 2.45. The zero-order valence-corrected chi connectivity index (χ0v) is 12.3. The van der Waals surface area contributed by atoms with Gasteiger partial charge >= 0.3 is 0 Å². The van der Waals surface area contributed by atoms with Crippen molar-refractivity contribution < 1.29 is 0 Å². The summed E-state index contributed by atoms with van der Waals surface area (Å²) >= 11 is 7.58. The lowest BCUT2D eigenvalue weighted by atomic mass is 10.2. The normalized spacial score (nSPS) is 13.0. The second kappa shape index (κ2) is 3.87. The van der Waals surface area contributed by atoms with Crippen molar-refractivity contribution in [3.05, 3.63) is 35.9 Å². The Balaban J connectivity index is 3.08. The molecule has 0 amide bonds. The molecule has 1 aromatic rings. The molecule has 0 fully saturated rings. The predicted octanol–water partition coefficient (Wildman–Crippen LogP) is 4.51. The first-order valence-electron chi connectivity index (χ1n) is 4.29. The van der Waals surface area contributed by atoms with Gasteiger partial charge in [-0.1, -0.05) is 81.8 Å². The smallest absolute Gasteiger partial charge is 0.0714 e. The molecule has 0 aliphatic rings. The molecule has 0 aliphatic heterocycles. The van der Waals surface area contributed by atoms with Gasteiger partial charge in [0.15, 0.2) is 0 Å². The summed E-state index contributed by atoms with van der Waals surface area (Å²) in [4.78, 5) is 0. The third-order valence-corrected chi connectivity index (χ3v) is 12.3. The summed E-state index contributed by atoms with van der Waals surface area (Å²) in [6, 6.07) is 10.5. The first-order chi connectivity index (χ1) is 5.86. The SMILES string of the molecule is C[Si](C)(C)C(Br)(Br)c1ccccc1. The molecule has 0 aliphatic carbocycles. The van der Waals surface area contributed by atoms with Crippen LogP contribution in [-0.2, 0) is 2.86 Å². The highest BCUT2D eigenvalue weighted by molar-refractivity contribution is 9.25. The molecule has 0 saturated heterocycles. The van der Waals surface area contributed by atoms with Crippen LogP contribution in [0.5, 0.6) is 0 Å². The van der Waals surface area contributed by atoms with Crippen molar-refractivity contribution in [2.75, 3.05) is 0 Å². The molecule has 0 nitrogen and oxygen atoms in total. The summed E-state index contributed by atoms with van der Waals surface area (Å²) in [5, 5.41) is 0. The van der Waals surface area contributed by atoms with Crippen LogP contribution in [0.15, 0.2) is 30.3 Å². The molecule has 0 saturated carbocycles. The second-order valence-electron chi connectivity index (χ2n) is 4.19. The molecule has 0 unspecified atom stereocenters. The Bertz CT molecular complexity index is 275. The van der Waals surface area contributed by atoms with E-state index in [1.165, 1.54) is 5.56 Å². The third-order valence-electron chi connectivity index (χ3n) is 2.08. The van der Waals surface area contributed by atoms with Crippen molar-refractivity contribution in [2.45, 2.75) is 22.5 Å². The van der Waals surface area contributed by atoms with E-state index in [0.717, 1.165) is 0 Å². The molecule has 1 rings (SSSR count). The maximum absolute atomic E-state index is 3.79. The molecule has 0 N–H and O–H groups in total. The summed E-state index contributed by atoms with van der Waals surface area (Å²) < 4.78 is -0.00569. The quantitative estimate of drug-likeness (QED) is 0.555. The number of halogens is 2. The fourth-order valence-electron chi connectivity index (χ4n) is 1.08. The van der Waals surface area contributed by atoms with Crippen LogP contribution in [-0.4, -0.2) is 8.07 Å². The van der Waals surface area contributed by atoms with Crippen LogP contribution >= 0.6 is 31.9 Å². The van der Waals surface area contributed by atoms with Crippen molar-refractivity contribution in [3.63, 3.8) is 0 Å². The highest BCUT2D eigenvalue weighted by atomic mass is 79.9. The average Bonchev–Trinajstić information content (AvgIpc) is 2.04. The van der Waals surface area contributed by atoms with Crippen molar-refractivity contribution in [1.29, 1.82) is 0 Å². The lowest BCUT2D eigenvalue weighted by molar-refractivity contribution is 1.23. The van der Waals surface area contributed by atoms with Crippen molar-refractivity contribution in [1.82, 2.24) is 0 Å². The molecule has 0 atom stereocenters. The van der Waals surface area contributed by atoms with Crippen LogP contribution in [0.1, 0.15) is 5.56 Å². The standard InChI is InChI=1S/C10H14Br2Si/c1-13(2,3)10(11,12)9-7-5-4-6-8-9/h4-8H,1-3H3. The van der Waals surface area contributed by atoms with Gasteiger partial charge in [-0.2, -0.15) is 0 Å². The van der Waals surface area contributed by atoms with Gasteiger partial charge in [-0.25, -0.2) is 0 Å². The molecular weight excluding hydrogens is 308 g/mol. The van der Waals surface area contributed by atoms with E-state index in [1.807, 2.05) is 6.07 Å². The molecule has 0 aromatic heterocycles. The first kappa shape index (κ1) is 11.5. The van der Waals surface area contributed by atoms with Gasteiger partial charge in [0.25, 0.3) is 0 Å².